The van der Waals surface area contributed by atoms with Crippen molar-refractivity contribution in [3.05, 3.63) is 82.6 Å². The average molecular weight is 560 g/mol. The van der Waals surface area contributed by atoms with E-state index in [0.29, 0.717) is 35.6 Å². The van der Waals surface area contributed by atoms with Gasteiger partial charge in [0.15, 0.2) is 17.5 Å². The van der Waals surface area contributed by atoms with Crippen LogP contribution in [0.25, 0.3) is 5.65 Å². The summed E-state index contributed by atoms with van der Waals surface area (Å²) in [5.41, 5.74) is 2.46. The van der Waals surface area contributed by atoms with E-state index in [1.54, 1.807) is 17.0 Å². The maximum Gasteiger partial charge on any atom is 0.261 e. The molecule has 10 nitrogen and oxygen atoms in total. The van der Waals surface area contributed by atoms with Crippen LogP contribution in [-0.2, 0) is 21.2 Å². The lowest BCUT2D eigenvalue weighted by molar-refractivity contribution is -0.135. The molecule has 0 fully saturated rings. The molecule has 1 aliphatic rings. The van der Waals surface area contributed by atoms with Gasteiger partial charge in [-0.15, -0.1) is 0 Å². The summed E-state index contributed by atoms with van der Waals surface area (Å²) in [7, 11) is -2.09. The van der Waals surface area contributed by atoms with Crippen LogP contribution in [-0.4, -0.2) is 60.1 Å². The second-order valence-corrected chi connectivity index (χ2v) is 10.8. The van der Waals surface area contributed by atoms with Crippen molar-refractivity contribution in [1.82, 2.24) is 19.3 Å². The van der Waals surface area contributed by atoms with Crippen molar-refractivity contribution < 1.29 is 27.1 Å². The van der Waals surface area contributed by atoms with Crippen LogP contribution in [0.15, 0.2) is 54.7 Å². The van der Waals surface area contributed by atoms with E-state index in [4.69, 9.17) is 26.1 Å². The molecule has 4 aromatic rings. The summed E-state index contributed by atoms with van der Waals surface area (Å²) in [6.07, 6.45) is 3.30. The fourth-order valence-electron chi connectivity index (χ4n) is 4.48. The number of amides is 1. The first-order valence-electron chi connectivity index (χ1n) is 11.5. The Morgan fingerprint density at radius 1 is 1.21 bits per heavy atom. The van der Waals surface area contributed by atoms with Crippen LogP contribution >= 0.6 is 11.6 Å². The highest BCUT2D eigenvalue weighted by atomic mass is 35.5. The number of sulfonamides is 1. The van der Waals surface area contributed by atoms with Gasteiger partial charge in [0.25, 0.3) is 5.91 Å². The predicted molar refractivity (Wildman–Crippen MR) is 139 cm³/mol. The first kappa shape index (κ1) is 25.7. The Labute approximate surface area is 223 Å². The zero-order valence-corrected chi connectivity index (χ0v) is 22.0. The number of ether oxygens (including phenoxy) is 2. The molecule has 0 radical (unpaired) electrons. The van der Waals surface area contributed by atoms with Crippen molar-refractivity contribution >= 4 is 39.0 Å². The zero-order valence-electron chi connectivity index (χ0n) is 20.4. The number of hydrogen-bond acceptors (Lipinski definition) is 7. The Balaban J connectivity index is 1.46. The molecule has 38 heavy (non-hydrogen) atoms. The standard InChI is InChI=1S/C25H23ClFN5O5S/c1-36-15-6-7-16(17(27)13-15)23-24-18(28-21-5-3-4-11-31(21)24)10-12-32(23)22(33)14-37-19-8-9-20(29-25(19)26)30-38(2,34)35/h3-9,11,13,23H,10,12,14H2,1-2H3,(H,29,30). The van der Waals surface area contributed by atoms with Gasteiger partial charge in [0.05, 0.1) is 24.8 Å². The highest BCUT2D eigenvalue weighted by molar-refractivity contribution is 7.92. The molecule has 3 aromatic heterocycles. The second-order valence-electron chi connectivity index (χ2n) is 8.65. The quantitative estimate of drug-likeness (QED) is 0.345. The van der Waals surface area contributed by atoms with E-state index in [2.05, 4.69) is 9.71 Å². The number of rotatable bonds is 7. The Hall–Kier alpha value is -3.90. The van der Waals surface area contributed by atoms with Crippen LogP contribution in [0.4, 0.5) is 10.2 Å². The third kappa shape index (κ3) is 5.09. The third-order valence-electron chi connectivity index (χ3n) is 6.08. The molecule has 1 aromatic carbocycles. The molecule has 5 rings (SSSR count). The van der Waals surface area contributed by atoms with E-state index in [-0.39, 0.29) is 16.7 Å². The number of imidazole rings is 1. The van der Waals surface area contributed by atoms with Gasteiger partial charge in [0, 0.05) is 30.8 Å². The Morgan fingerprint density at radius 3 is 2.74 bits per heavy atom. The normalized spacial score (nSPS) is 15.3. The highest BCUT2D eigenvalue weighted by Crippen LogP contribution is 2.38. The number of methoxy groups -OCH3 is 1. The summed E-state index contributed by atoms with van der Waals surface area (Å²) in [6.45, 7) is -0.112. The molecule has 0 bridgehead atoms. The molecule has 0 aliphatic carbocycles. The van der Waals surface area contributed by atoms with Gasteiger partial charge in [0.1, 0.15) is 29.1 Å². The minimum atomic E-state index is -3.54. The number of carbonyl (C=O) groups excluding carboxylic acids is 1. The largest absolute Gasteiger partial charge is 0.497 e. The van der Waals surface area contributed by atoms with Crippen LogP contribution in [0.1, 0.15) is 23.0 Å². The van der Waals surface area contributed by atoms with Crippen LogP contribution in [0.3, 0.4) is 0 Å². The van der Waals surface area contributed by atoms with E-state index < -0.39 is 34.4 Å². The molecule has 0 saturated carbocycles. The summed E-state index contributed by atoms with van der Waals surface area (Å²) >= 11 is 6.15. The average Bonchev–Trinajstić information content (AvgIpc) is 3.25. The van der Waals surface area contributed by atoms with Crippen molar-refractivity contribution in [2.75, 3.05) is 31.2 Å². The molecule has 0 saturated heterocycles. The van der Waals surface area contributed by atoms with Gasteiger partial charge < -0.3 is 18.8 Å². The van der Waals surface area contributed by atoms with Crippen molar-refractivity contribution in [1.29, 1.82) is 0 Å². The van der Waals surface area contributed by atoms with Crippen LogP contribution in [0.2, 0.25) is 5.15 Å². The number of nitrogens with zero attached hydrogens (tertiary/aromatic N) is 4. The molecule has 13 heteroatoms. The van der Waals surface area contributed by atoms with Gasteiger partial charge in [-0.3, -0.25) is 9.52 Å². The summed E-state index contributed by atoms with van der Waals surface area (Å²) in [4.78, 5) is 23.7. The Bertz CT molecular complexity index is 1640. The summed E-state index contributed by atoms with van der Waals surface area (Å²) in [5, 5.41) is -0.119. The number of aromatic nitrogens is 3. The maximum absolute atomic E-state index is 15.4. The zero-order chi connectivity index (χ0) is 27.0. The Morgan fingerprint density at radius 2 is 2.03 bits per heavy atom. The lowest BCUT2D eigenvalue weighted by atomic mass is 9.94. The number of benzene rings is 1. The molecular formula is C25H23ClFN5O5S. The van der Waals surface area contributed by atoms with E-state index in [1.807, 2.05) is 28.8 Å². The number of halogens is 2. The van der Waals surface area contributed by atoms with Gasteiger partial charge in [-0.05, 0) is 36.4 Å². The molecular weight excluding hydrogens is 537 g/mol. The van der Waals surface area contributed by atoms with E-state index >= 15 is 4.39 Å². The molecule has 1 atom stereocenters. The first-order valence-corrected chi connectivity index (χ1v) is 13.8. The van der Waals surface area contributed by atoms with Gasteiger partial charge in [-0.1, -0.05) is 17.7 Å². The fraction of sp³-hybridized carbons (Fsp3) is 0.240. The van der Waals surface area contributed by atoms with Crippen LogP contribution < -0.4 is 14.2 Å². The SMILES string of the molecule is COc1ccc(C2c3c(nc4ccccn34)CCN2C(=O)COc2ccc(NS(C)(=O)=O)nc2Cl)c(F)c1. The molecule has 4 heterocycles. The van der Waals surface area contributed by atoms with Crippen molar-refractivity contribution in [2.24, 2.45) is 0 Å². The molecule has 1 aliphatic heterocycles. The minimum absolute atomic E-state index is 0.0161. The van der Waals surface area contributed by atoms with Crippen LogP contribution in [0.5, 0.6) is 11.5 Å². The number of hydrogen-bond donors (Lipinski definition) is 1. The van der Waals surface area contributed by atoms with E-state index in [0.717, 1.165) is 11.9 Å². The number of fused-ring (bicyclic) bond motifs is 3. The number of carbonyl (C=O) groups is 1. The van der Waals surface area contributed by atoms with Gasteiger partial charge in [-0.2, -0.15) is 0 Å². The smallest absolute Gasteiger partial charge is 0.261 e. The summed E-state index contributed by atoms with van der Waals surface area (Å²) in [5.74, 6) is -0.456. The molecule has 1 unspecified atom stereocenters. The van der Waals surface area contributed by atoms with E-state index in [1.165, 1.54) is 25.3 Å². The monoisotopic (exact) mass is 559 g/mol. The second kappa shape index (κ2) is 10.1. The number of anilines is 1. The molecule has 198 valence electrons. The van der Waals surface area contributed by atoms with Gasteiger partial charge in [0.2, 0.25) is 10.0 Å². The van der Waals surface area contributed by atoms with Gasteiger partial charge in [-0.25, -0.2) is 22.8 Å². The van der Waals surface area contributed by atoms with Crippen molar-refractivity contribution in [3.8, 4) is 11.5 Å². The maximum atomic E-state index is 15.4. The number of nitrogens with one attached hydrogen (secondary N) is 1. The minimum Gasteiger partial charge on any atom is -0.497 e. The van der Waals surface area contributed by atoms with Crippen LogP contribution in [0, 0.1) is 5.82 Å². The number of pyridine rings is 2. The summed E-state index contributed by atoms with van der Waals surface area (Å²) in [6, 6.07) is 12.1. The lowest BCUT2D eigenvalue weighted by Gasteiger charge is -2.36. The summed E-state index contributed by atoms with van der Waals surface area (Å²) < 4.78 is 53.1. The Kier molecular flexibility index (Phi) is 6.84. The fourth-order valence-corrected chi connectivity index (χ4v) is 5.18. The third-order valence-corrected chi connectivity index (χ3v) is 6.93. The van der Waals surface area contributed by atoms with E-state index in [9.17, 15) is 13.2 Å². The topological polar surface area (TPSA) is 115 Å². The first-order chi connectivity index (χ1) is 18.1. The predicted octanol–water partition coefficient (Wildman–Crippen LogP) is 3.46. The van der Waals surface area contributed by atoms with Crippen molar-refractivity contribution in [2.45, 2.75) is 12.5 Å². The highest BCUT2D eigenvalue weighted by Gasteiger charge is 2.37. The lowest BCUT2D eigenvalue weighted by Crippen LogP contribution is -2.43. The molecule has 1 N–H and O–H groups in total. The van der Waals surface area contributed by atoms with Gasteiger partial charge >= 0.3 is 0 Å². The molecule has 1 amide bonds. The van der Waals surface area contributed by atoms with Crippen molar-refractivity contribution in [3.63, 3.8) is 0 Å². The molecule has 0 spiro atoms.